The maximum Gasteiger partial charge on any atom is 0.213 e. The predicted octanol–water partition coefficient (Wildman–Crippen LogP) is 2.58. The Labute approximate surface area is 98.2 Å². The molecular formula is C13H22N2O. The second kappa shape index (κ2) is 6.48. The van der Waals surface area contributed by atoms with E-state index in [1.807, 2.05) is 26.1 Å². The second-order valence-corrected chi connectivity index (χ2v) is 3.93. The Morgan fingerprint density at radius 1 is 1.38 bits per heavy atom. The summed E-state index contributed by atoms with van der Waals surface area (Å²) in [6.07, 6.45) is 1.07. The Morgan fingerprint density at radius 2 is 2.12 bits per heavy atom. The smallest absolute Gasteiger partial charge is 0.213 e. The first-order valence-corrected chi connectivity index (χ1v) is 5.99. The number of nitrogens with zero attached hydrogens (tertiary/aromatic N) is 1. The molecule has 0 saturated heterocycles. The molecule has 0 aliphatic carbocycles. The molecule has 0 aliphatic heterocycles. The third-order valence-electron chi connectivity index (χ3n) is 2.92. The fraction of sp³-hybridized carbons (Fsp3) is 0.615. The van der Waals surface area contributed by atoms with Gasteiger partial charge >= 0.3 is 0 Å². The van der Waals surface area contributed by atoms with E-state index in [9.17, 15) is 0 Å². The fourth-order valence-electron chi connectivity index (χ4n) is 1.89. The van der Waals surface area contributed by atoms with Crippen molar-refractivity contribution in [3.63, 3.8) is 0 Å². The first kappa shape index (κ1) is 13.0. The molecule has 1 aromatic rings. The molecule has 16 heavy (non-hydrogen) atoms. The molecule has 0 aliphatic rings. The zero-order valence-corrected chi connectivity index (χ0v) is 10.7. The summed E-state index contributed by atoms with van der Waals surface area (Å²) in [5.74, 6) is 1.16. The SMILES string of the molecule is CCOc1cccc(C(CC)C(C)NC)n1. The normalized spacial score (nSPS) is 14.5. The number of hydrogen-bond donors (Lipinski definition) is 1. The Hall–Kier alpha value is -1.09. The van der Waals surface area contributed by atoms with Crippen LogP contribution in [0.15, 0.2) is 18.2 Å². The highest BCUT2D eigenvalue weighted by atomic mass is 16.5. The Morgan fingerprint density at radius 3 is 2.69 bits per heavy atom. The molecule has 1 rings (SSSR count). The molecular weight excluding hydrogens is 200 g/mol. The van der Waals surface area contributed by atoms with E-state index in [4.69, 9.17) is 4.74 Å². The van der Waals surface area contributed by atoms with Gasteiger partial charge in [-0.3, -0.25) is 0 Å². The average Bonchev–Trinajstić information content (AvgIpc) is 2.31. The van der Waals surface area contributed by atoms with E-state index in [-0.39, 0.29) is 0 Å². The molecule has 0 radical (unpaired) electrons. The van der Waals surface area contributed by atoms with Crippen LogP contribution >= 0.6 is 0 Å². The quantitative estimate of drug-likeness (QED) is 0.803. The third-order valence-corrected chi connectivity index (χ3v) is 2.92. The van der Waals surface area contributed by atoms with Crippen LogP contribution in [0.5, 0.6) is 5.88 Å². The summed E-state index contributed by atoms with van der Waals surface area (Å²) in [6.45, 7) is 7.01. The van der Waals surface area contributed by atoms with Crippen LogP contribution in [0.25, 0.3) is 0 Å². The molecule has 1 N–H and O–H groups in total. The van der Waals surface area contributed by atoms with Crippen molar-refractivity contribution in [2.75, 3.05) is 13.7 Å². The maximum atomic E-state index is 5.42. The minimum absolute atomic E-state index is 0.425. The zero-order chi connectivity index (χ0) is 12.0. The summed E-state index contributed by atoms with van der Waals surface area (Å²) >= 11 is 0. The van der Waals surface area contributed by atoms with Crippen LogP contribution in [0, 0.1) is 0 Å². The number of ether oxygens (including phenoxy) is 1. The zero-order valence-electron chi connectivity index (χ0n) is 10.7. The van der Waals surface area contributed by atoms with Crippen LogP contribution < -0.4 is 10.1 Å². The van der Waals surface area contributed by atoms with E-state index in [0.29, 0.717) is 18.6 Å². The van der Waals surface area contributed by atoms with Gasteiger partial charge in [0.1, 0.15) is 0 Å². The molecule has 0 fully saturated rings. The summed E-state index contributed by atoms with van der Waals surface area (Å²) < 4.78 is 5.42. The van der Waals surface area contributed by atoms with E-state index < -0.39 is 0 Å². The van der Waals surface area contributed by atoms with Gasteiger partial charge in [-0.25, -0.2) is 4.98 Å². The summed E-state index contributed by atoms with van der Waals surface area (Å²) in [7, 11) is 1.99. The number of nitrogens with one attached hydrogen (secondary N) is 1. The molecule has 90 valence electrons. The predicted molar refractivity (Wildman–Crippen MR) is 67.0 cm³/mol. The lowest BCUT2D eigenvalue weighted by Gasteiger charge is -2.22. The molecule has 2 unspecified atom stereocenters. The van der Waals surface area contributed by atoms with Crippen molar-refractivity contribution in [1.82, 2.24) is 10.3 Å². The van der Waals surface area contributed by atoms with Gasteiger partial charge in [-0.2, -0.15) is 0 Å². The monoisotopic (exact) mass is 222 g/mol. The Balaban J connectivity index is 2.87. The molecule has 0 amide bonds. The van der Waals surface area contributed by atoms with Gasteiger partial charge in [-0.1, -0.05) is 13.0 Å². The molecule has 3 heteroatoms. The van der Waals surface area contributed by atoms with Gasteiger partial charge in [-0.15, -0.1) is 0 Å². The number of pyridine rings is 1. The summed E-state index contributed by atoms with van der Waals surface area (Å²) in [5, 5.41) is 3.29. The molecule has 0 saturated carbocycles. The Kier molecular flexibility index (Phi) is 5.26. The van der Waals surface area contributed by atoms with E-state index in [1.54, 1.807) is 0 Å². The van der Waals surface area contributed by atoms with E-state index in [1.165, 1.54) is 0 Å². The average molecular weight is 222 g/mol. The lowest BCUT2D eigenvalue weighted by Crippen LogP contribution is -2.29. The standard InChI is InChI=1S/C13H22N2O/c1-5-11(10(3)14-4)12-8-7-9-13(15-12)16-6-2/h7-11,14H,5-6H2,1-4H3. The van der Waals surface area contributed by atoms with E-state index in [0.717, 1.165) is 18.0 Å². The molecule has 1 heterocycles. The van der Waals surface area contributed by atoms with Gasteiger partial charge in [0.25, 0.3) is 0 Å². The molecule has 0 bridgehead atoms. The topological polar surface area (TPSA) is 34.1 Å². The number of rotatable bonds is 6. The third kappa shape index (κ3) is 3.20. The van der Waals surface area contributed by atoms with E-state index in [2.05, 4.69) is 30.2 Å². The highest BCUT2D eigenvalue weighted by molar-refractivity contribution is 5.19. The van der Waals surface area contributed by atoms with Crippen molar-refractivity contribution in [3.05, 3.63) is 23.9 Å². The minimum Gasteiger partial charge on any atom is -0.478 e. The number of aromatic nitrogens is 1. The molecule has 2 atom stereocenters. The lowest BCUT2D eigenvalue weighted by atomic mass is 9.94. The van der Waals surface area contributed by atoms with E-state index >= 15 is 0 Å². The van der Waals surface area contributed by atoms with Crippen LogP contribution in [0.3, 0.4) is 0 Å². The maximum absolute atomic E-state index is 5.42. The van der Waals surface area contributed by atoms with Crippen LogP contribution in [0.4, 0.5) is 0 Å². The molecule has 0 aromatic carbocycles. The number of likely N-dealkylation sites (N-methyl/N-ethyl adjacent to an activating group) is 1. The summed E-state index contributed by atoms with van der Waals surface area (Å²) in [5.41, 5.74) is 1.11. The largest absolute Gasteiger partial charge is 0.478 e. The van der Waals surface area contributed by atoms with Crippen molar-refractivity contribution in [2.24, 2.45) is 0 Å². The van der Waals surface area contributed by atoms with Crippen molar-refractivity contribution < 1.29 is 4.74 Å². The minimum atomic E-state index is 0.425. The summed E-state index contributed by atoms with van der Waals surface area (Å²) in [4.78, 5) is 4.54. The van der Waals surface area contributed by atoms with Crippen LogP contribution in [-0.2, 0) is 0 Å². The summed E-state index contributed by atoms with van der Waals surface area (Å²) in [6, 6.07) is 6.42. The first-order valence-electron chi connectivity index (χ1n) is 5.99. The van der Waals surface area contributed by atoms with Gasteiger partial charge in [0.2, 0.25) is 5.88 Å². The van der Waals surface area contributed by atoms with Gasteiger partial charge in [-0.05, 0) is 33.4 Å². The van der Waals surface area contributed by atoms with Gasteiger partial charge in [0.05, 0.1) is 6.61 Å². The van der Waals surface area contributed by atoms with Crippen LogP contribution in [-0.4, -0.2) is 24.7 Å². The van der Waals surface area contributed by atoms with Crippen molar-refractivity contribution in [3.8, 4) is 5.88 Å². The highest BCUT2D eigenvalue weighted by Gasteiger charge is 2.17. The highest BCUT2D eigenvalue weighted by Crippen LogP contribution is 2.23. The molecule has 1 aromatic heterocycles. The molecule has 0 spiro atoms. The van der Waals surface area contributed by atoms with Crippen molar-refractivity contribution >= 4 is 0 Å². The molecule has 3 nitrogen and oxygen atoms in total. The van der Waals surface area contributed by atoms with Crippen molar-refractivity contribution in [1.29, 1.82) is 0 Å². The van der Waals surface area contributed by atoms with Gasteiger partial charge in [0.15, 0.2) is 0 Å². The van der Waals surface area contributed by atoms with Crippen molar-refractivity contribution in [2.45, 2.75) is 39.2 Å². The number of hydrogen-bond acceptors (Lipinski definition) is 3. The van der Waals surface area contributed by atoms with Gasteiger partial charge in [0, 0.05) is 23.7 Å². The lowest BCUT2D eigenvalue weighted by molar-refractivity contribution is 0.324. The first-order chi connectivity index (χ1) is 7.72. The fourth-order valence-corrected chi connectivity index (χ4v) is 1.89. The second-order valence-electron chi connectivity index (χ2n) is 3.93. The van der Waals surface area contributed by atoms with Crippen LogP contribution in [0.1, 0.15) is 38.8 Å². The Bertz CT molecular complexity index is 315. The van der Waals surface area contributed by atoms with Crippen LogP contribution in [0.2, 0.25) is 0 Å². The van der Waals surface area contributed by atoms with Gasteiger partial charge < -0.3 is 10.1 Å².